The first-order valence-corrected chi connectivity index (χ1v) is 5.55. The third-order valence-electron chi connectivity index (χ3n) is 2.46. The average Bonchev–Trinajstić information content (AvgIpc) is 2.72. The van der Waals surface area contributed by atoms with Crippen LogP contribution >= 0.6 is 0 Å². The van der Waals surface area contributed by atoms with E-state index >= 15 is 0 Å². The molecule has 0 spiro atoms. The van der Waals surface area contributed by atoms with E-state index in [0.717, 1.165) is 0 Å². The summed E-state index contributed by atoms with van der Waals surface area (Å²) in [5, 5.41) is 11.3. The molecule has 0 heterocycles. The summed E-state index contributed by atoms with van der Waals surface area (Å²) >= 11 is 0. The van der Waals surface area contributed by atoms with Crippen molar-refractivity contribution < 1.29 is 28.2 Å². The van der Waals surface area contributed by atoms with Gasteiger partial charge in [-0.25, -0.2) is 8.78 Å². The third kappa shape index (κ3) is 5.22. The highest BCUT2D eigenvalue weighted by Gasteiger charge is 2.25. The van der Waals surface area contributed by atoms with Crippen molar-refractivity contribution in [1.29, 1.82) is 0 Å². The fourth-order valence-electron chi connectivity index (χ4n) is 1.61. The van der Waals surface area contributed by atoms with E-state index in [2.05, 4.69) is 10.1 Å². The minimum atomic E-state index is -2.54. The summed E-state index contributed by atoms with van der Waals surface area (Å²) in [5.41, 5.74) is 0. The molecule has 0 saturated heterocycles. The number of carbonyl (C=O) groups is 2. The minimum absolute atomic E-state index is 0.0190. The normalized spacial score (nSPS) is 22.4. The van der Waals surface area contributed by atoms with Gasteiger partial charge in [-0.05, 0) is 6.42 Å². The van der Waals surface area contributed by atoms with E-state index in [0.29, 0.717) is 6.42 Å². The van der Waals surface area contributed by atoms with Crippen LogP contribution in [0.15, 0.2) is 12.2 Å². The number of hydrogen-bond donors (Lipinski definition) is 2. The van der Waals surface area contributed by atoms with Crippen LogP contribution < -0.4 is 5.32 Å². The predicted molar refractivity (Wildman–Crippen MR) is 58.3 cm³/mol. The Bertz CT molecular complexity index is 333. The Balaban J connectivity index is 2.14. The van der Waals surface area contributed by atoms with Gasteiger partial charge >= 0.3 is 5.97 Å². The smallest absolute Gasteiger partial charge is 0.310 e. The van der Waals surface area contributed by atoms with Crippen LogP contribution in [0.3, 0.4) is 0 Å². The average molecular weight is 263 g/mol. The topological polar surface area (TPSA) is 75.6 Å². The third-order valence-corrected chi connectivity index (χ3v) is 2.46. The van der Waals surface area contributed by atoms with Gasteiger partial charge in [-0.2, -0.15) is 0 Å². The lowest BCUT2D eigenvalue weighted by molar-refractivity contribution is -0.140. The van der Waals surface area contributed by atoms with Crippen molar-refractivity contribution in [3.8, 4) is 0 Å². The van der Waals surface area contributed by atoms with Gasteiger partial charge in [0.05, 0.1) is 12.5 Å². The van der Waals surface area contributed by atoms with Crippen molar-refractivity contribution in [1.82, 2.24) is 5.32 Å². The zero-order valence-corrected chi connectivity index (χ0v) is 9.64. The fourth-order valence-corrected chi connectivity index (χ4v) is 1.61. The number of aliphatic carboxylic acids is 1. The lowest BCUT2D eigenvalue weighted by Gasteiger charge is -2.12. The molecular weight excluding hydrogens is 248 g/mol. The molecule has 0 radical (unpaired) electrons. The molecule has 2 N–H and O–H groups in total. The van der Waals surface area contributed by atoms with E-state index in [1.54, 1.807) is 6.08 Å². The molecule has 1 amide bonds. The second-order valence-corrected chi connectivity index (χ2v) is 3.96. The molecule has 0 saturated carbocycles. The van der Waals surface area contributed by atoms with Crippen molar-refractivity contribution in [2.24, 2.45) is 5.92 Å². The SMILES string of the molecule is O=C(CCOCC(F)F)NC1C=CC(C(=O)O)C1. The summed E-state index contributed by atoms with van der Waals surface area (Å²) < 4.78 is 28.0. The summed E-state index contributed by atoms with van der Waals surface area (Å²) in [6.07, 6.45) is 0.910. The van der Waals surface area contributed by atoms with Crippen molar-refractivity contribution in [2.75, 3.05) is 13.2 Å². The molecule has 1 aliphatic rings. The zero-order chi connectivity index (χ0) is 13.5. The number of nitrogens with one attached hydrogen (secondary N) is 1. The minimum Gasteiger partial charge on any atom is -0.481 e. The standard InChI is InChI=1S/C11H15F2NO4/c12-9(13)6-18-4-3-10(15)14-8-2-1-7(5-8)11(16)17/h1-2,7-9H,3-6H2,(H,14,15)(H,16,17). The van der Waals surface area contributed by atoms with Crippen LogP contribution in [-0.4, -0.2) is 42.7 Å². The Morgan fingerprint density at radius 2 is 2.17 bits per heavy atom. The maximum atomic E-state index is 11.7. The van der Waals surface area contributed by atoms with Crippen LogP contribution in [0.5, 0.6) is 0 Å². The molecule has 102 valence electrons. The van der Waals surface area contributed by atoms with Gasteiger partial charge in [-0.15, -0.1) is 0 Å². The largest absolute Gasteiger partial charge is 0.481 e. The Kier molecular flexibility index (Phi) is 5.70. The van der Waals surface area contributed by atoms with Gasteiger partial charge in [0.25, 0.3) is 6.43 Å². The first kappa shape index (κ1) is 14.6. The highest BCUT2D eigenvalue weighted by atomic mass is 19.3. The Morgan fingerprint density at radius 1 is 1.44 bits per heavy atom. The number of carboxylic acid groups (broad SMARTS) is 1. The fraction of sp³-hybridized carbons (Fsp3) is 0.636. The van der Waals surface area contributed by atoms with E-state index < -0.39 is 24.9 Å². The van der Waals surface area contributed by atoms with Crippen LogP contribution in [0, 0.1) is 5.92 Å². The quantitative estimate of drug-likeness (QED) is 0.526. The van der Waals surface area contributed by atoms with E-state index in [1.807, 2.05) is 0 Å². The predicted octanol–water partition coefficient (Wildman–Crippen LogP) is 0.804. The van der Waals surface area contributed by atoms with Gasteiger partial charge in [0.15, 0.2) is 0 Å². The Hall–Kier alpha value is -1.50. The molecule has 1 rings (SSSR count). The molecule has 18 heavy (non-hydrogen) atoms. The van der Waals surface area contributed by atoms with Crippen LogP contribution in [0.2, 0.25) is 0 Å². The highest BCUT2D eigenvalue weighted by Crippen LogP contribution is 2.17. The van der Waals surface area contributed by atoms with E-state index in [1.165, 1.54) is 6.08 Å². The zero-order valence-electron chi connectivity index (χ0n) is 9.64. The lowest BCUT2D eigenvalue weighted by Crippen LogP contribution is -2.33. The Morgan fingerprint density at radius 3 is 2.72 bits per heavy atom. The summed E-state index contributed by atoms with van der Waals surface area (Å²) in [4.78, 5) is 22.0. The van der Waals surface area contributed by atoms with Crippen molar-refractivity contribution >= 4 is 11.9 Å². The van der Waals surface area contributed by atoms with Crippen molar-refractivity contribution in [3.63, 3.8) is 0 Å². The second kappa shape index (κ2) is 7.05. The monoisotopic (exact) mass is 263 g/mol. The van der Waals surface area contributed by atoms with Gasteiger partial charge in [-0.3, -0.25) is 9.59 Å². The molecule has 0 aliphatic heterocycles. The van der Waals surface area contributed by atoms with Crippen LogP contribution in [0.25, 0.3) is 0 Å². The molecule has 5 nitrogen and oxygen atoms in total. The number of hydrogen-bond acceptors (Lipinski definition) is 3. The van der Waals surface area contributed by atoms with Crippen LogP contribution in [0.1, 0.15) is 12.8 Å². The van der Waals surface area contributed by atoms with E-state index in [4.69, 9.17) is 5.11 Å². The summed E-state index contributed by atoms with van der Waals surface area (Å²) in [6.45, 7) is -0.757. The summed E-state index contributed by atoms with van der Waals surface area (Å²) in [7, 11) is 0. The molecule has 0 aromatic carbocycles. The second-order valence-electron chi connectivity index (χ2n) is 3.96. The summed E-state index contributed by atoms with van der Waals surface area (Å²) in [5.74, 6) is -1.85. The number of rotatable bonds is 7. The van der Waals surface area contributed by atoms with Crippen LogP contribution in [0.4, 0.5) is 8.78 Å². The highest BCUT2D eigenvalue weighted by molar-refractivity contribution is 5.77. The molecule has 0 aromatic rings. The molecular formula is C11H15F2NO4. The molecule has 0 aromatic heterocycles. The Labute approximate surface area is 103 Å². The van der Waals surface area contributed by atoms with Gasteiger partial charge in [0.1, 0.15) is 6.61 Å². The summed E-state index contributed by atoms with van der Waals surface area (Å²) in [6, 6.07) is -0.311. The molecule has 0 bridgehead atoms. The number of amides is 1. The number of ether oxygens (including phenoxy) is 1. The molecule has 7 heteroatoms. The number of halogens is 2. The lowest BCUT2D eigenvalue weighted by atomic mass is 10.1. The molecule has 0 fully saturated rings. The first-order chi connectivity index (χ1) is 8.49. The number of carboxylic acids is 1. The van der Waals surface area contributed by atoms with E-state index in [9.17, 15) is 18.4 Å². The first-order valence-electron chi connectivity index (χ1n) is 5.55. The van der Waals surface area contributed by atoms with E-state index in [-0.39, 0.29) is 25.0 Å². The number of alkyl halides is 2. The van der Waals surface area contributed by atoms with Gasteiger partial charge in [-0.1, -0.05) is 12.2 Å². The van der Waals surface area contributed by atoms with Crippen molar-refractivity contribution in [2.45, 2.75) is 25.3 Å². The maximum absolute atomic E-state index is 11.7. The molecule has 1 aliphatic carbocycles. The van der Waals surface area contributed by atoms with Gasteiger partial charge in [0.2, 0.25) is 5.91 Å². The number of carbonyl (C=O) groups excluding carboxylic acids is 1. The van der Waals surface area contributed by atoms with Gasteiger partial charge in [0, 0.05) is 12.5 Å². The van der Waals surface area contributed by atoms with Crippen molar-refractivity contribution in [3.05, 3.63) is 12.2 Å². The van der Waals surface area contributed by atoms with Gasteiger partial charge < -0.3 is 15.2 Å². The molecule has 2 unspecified atom stereocenters. The molecule has 2 atom stereocenters. The van der Waals surface area contributed by atoms with Crippen LogP contribution in [-0.2, 0) is 14.3 Å². The maximum Gasteiger partial charge on any atom is 0.310 e.